The van der Waals surface area contributed by atoms with Gasteiger partial charge in [-0.2, -0.15) is 10.2 Å². The highest BCUT2D eigenvalue weighted by Gasteiger charge is 2.26. The Labute approximate surface area is 109 Å². The fourth-order valence-corrected chi connectivity index (χ4v) is 1.89. The Hall–Kier alpha value is -2.82. The molecule has 0 aliphatic heterocycles. The van der Waals surface area contributed by atoms with Crippen molar-refractivity contribution < 1.29 is 9.59 Å². The van der Waals surface area contributed by atoms with Gasteiger partial charge in [0.05, 0.1) is 29.2 Å². The van der Waals surface area contributed by atoms with Crippen LogP contribution in [0.25, 0.3) is 0 Å². The number of allylic oxidation sites excluding steroid dienone is 2. The summed E-state index contributed by atoms with van der Waals surface area (Å²) in [6, 6.07) is 9.20. The van der Waals surface area contributed by atoms with Crippen LogP contribution in [0.5, 0.6) is 0 Å². The van der Waals surface area contributed by atoms with Crippen LogP contribution in [-0.2, 0) is 0 Å². The molecule has 0 atom stereocenters. The highest BCUT2D eigenvalue weighted by molar-refractivity contribution is 6.25. The second-order valence-corrected chi connectivity index (χ2v) is 4.06. The van der Waals surface area contributed by atoms with E-state index in [4.69, 9.17) is 0 Å². The number of carbonyl (C=O) groups excluding carboxylic acids is 2. The number of anilines is 1. The number of nitrogens with zero attached hydrogens (tertiary/aromatic N) is 2. The van der Waals surface area contributed by atoms with E-state index in [1.54, 1.807) is 0 Å². The predicted octanol–water partition coefficient (Wildman–Crippen LogP) is 1.85. The number of ketones is 2. The van der Waals surface area contributed by atoms with Gasteiger partial charge in [-0.05, 0) is 12.1 Å². The molecule has 0 bridgehead atoms. The zero-order valence-electron chi connectivity index (χ0n) is 9.83. The molecule has 0 fully saturated rings. The molecular weight excluding hydrogens is 242 g/mol. The summed E-state index contributed by atoms with van der Waals surface area (Å²) < 4.78 is 0. The Morgan fingerprint density at radius 1 is 0.895 bits per heavy atom. The van der Waals surface area contributed by atoms with Crippen LogP contribution in [0.3, 0.4) is 0 Å². The van der Waals surface area contributed by atoms with Crippen molar-refractivity contribution in [3.05, 3.63) is 65.6 Å². The summed E-state index contributed by atoms with van der Waals surface area (Å²) in [6.07, 6.45) is 3.92. The van der Waals surface area contributed by atoms with Crippen molar-refractivity contribution in [1.82, 2.24) is 10.2 Å². The summed E-state index contributed by atoms with van der Waals surface area (Å²) in [5, 5.41) is 10.2. The van der Waals surface area contributed by atoms with Gasteiger partial charge in [0.25, 0.3) is 0 Å². The molecule has 0 unspecified atom stereocenters. The summed E-state index contributed by atoms with van der Waals surface area (Å²) in [7, 11) is 0. The first kappa shape index (κ1) is 11.3. The van der Waals surface area contributed by atoms with Crippen LogP contribution in [-0.4, -0.2) is 21.8 Å². The molecule has 0 saturated heterocycles. The van der Waals surface area contributed by atoms with Crippen molar-refractivity contribution >= 4 is 17.3 Å². The zero-order chi connectivity index (χ0) is 13.2. The average Bonchev–Trinajstić information content (AvgIpc) is 2.46. The second kappa shape index (κ2) is 4.45. The third kappa shape index (κ3) is 2.01. The van der Waals surface area contributed by atoms with E-state index >= 15 is 0 Å². The molecule has 1 aromatic carbocycles. The Bertz CT molecular complexity index is 693. The molecule has 92 valence electrons. The molecular formula is C14H9N3O2. The predicted molar refractivity (Wildman–Crippen MR) is 68.8 cm³/mol. The standard InChI is InChI=1S/C14H9N3O2/c18-13-6-12(17-9-4-2-1-3-5-9)14(19)11-8-16-15-7-10(11)13/h1-8,17H. The largest absolute Gasteiger partial charge is 0.352 e. The first-order valence-corrected chi connectivity index (χ1v) is 5.69. The third-order valence-corrected chi connectivity index (χ3v) is 2.81. The molecule has 1 aliphatic rings. The van der Waals surface area contributed by atoms with E-state index in [2.05, 4.69) is 15.5 Å². The van der Waals surface area contributed by atoms with E-state index < -0.39 is 0 Å². The molecule has 1 aliphatic carbocycles. The van der Waals surface area contributed by atoms with Crippen LogP contribution in [0.1, 0.15) is 20.7 Å². The molecule has 3 rings (SSSR count). The topological polar surface area (TPSA) is 72.0 Å². The maximum atomic E-state index is 12.2. The molecule has 2 aromatic rings. The molecule has 1 aromatic heterocycles. The summed E-state index contributed by atoms with van der Waals surface area (Å²) >= 11 is 0. The van der Waals surface area contributed by atoms with E-state index in [-0.39, 0.29) is 22.8 Å². The quantitative estimate of drug-likeness (QED) is 0.881. The maximum absolute atomic E-state index is 12.2. The lowest BCUT2D eigenvalue weighted by Gasteiger charge is -2.15. The van der Waals surface area contributed by atoms with Crippen molar-refractivity contribution in [3.63, 3.8) is 0 Å². The SMILES string of the molecule is O=C1C=C(Nc2ccccc2)C(=O)c2cnncc21. The molecule has 5 nitrogen and oxygen atoms in total. The first-order valence-electron chi connectivity index (χ1n) is 5.69. The number of Topliss-reactive ketones (excluding diaryl/α,β-unsaturated/α-hetero) is 1. The molecule has 1 heterocycles. The molecule has 0 amide bonds. The summed E-state index contributed by atoms with van der Waals surface area (Å²) in [4.78, 5) is 24.1. The van der Waals surface area contributed by atoms with Gasteiger partial charge in [0.15, 0.2) is 5.78 Å². The number of hydrogen-bond donors (Lipinski definition) is 1. The monoisotopic (exact) mass is 251 g/mol. The van der Waals surface area contributed by atoms with E-state index in [1.165, 1.54) is 18.5 Å². The van der Waals surface area contributed by atoms with Crippen LogP contribution in [0, 0.1) is 0 Å². The van der Waals surface area contributed by atoms with Crippen molar-refractivity contribution in [2.75, 3.05) is 5.32 Å². The van der Waals surface area contributed by atoms with Crippen LogP contribution in [0.15, 0.2) is 54.5 Å². The van der Waals surface area contributed by atoms with Gasteiger partial charge in [-0.25, -0.2) is 0 Å². The number of rotatable bonds is 2. The fraction of sp³-hybridized carbons (Fsp3) is 0. The molecule has 5 heteroatoms. The molecule has 19 heavy (non-hydrogen) atoms. The number of fused-ring (bicyclic) bond motifs is 1. The Kier molecular flexibility index (Phi) is 2.64. The van der Waals surface area contributed by atoms with Crippen molar-refractivity contribution in [3.8, 4) is 0 Å². The smallest absolute Gasteiger partial charge is 0.211 e. The van der Waals surface area contributed by atoms with E-state index in [1.807, 2.05) is 30.3 Å². The number of nitrogens with one attached hydrogen (secondary N) is 1. The number of para-hydroxylation sites is 1. The van der Waals surface area contributed by atoms with Gasteiger partial charge in [0, 0.05) is 11.8 Å². The number of benzene rings is 1. The van der Waals surface area contributed by atoms with Gasteiger partial charge in [-0.1, -0.05) is 18.2 Å². The van der Waals surface area contributed by atoms with Gasteiger partial charge >= 0.3 is 0 Å². The van der Waals surface area contributed by atoms with Crippen molar-refractivity contribution in [1.29, 1.82) is 0 Å². The minimum atomic E-state index is -0.256. The summed E-state index contributed by atoms with van der Waals surface area (Å²) in [5.41, 5.74) is 1.57. The highest BCUT2D eigenvalue weighted by Crippen LogP contribution is 2.21. The van der Waals surface area contributed by atoms with Gasteiger partial charge in [0.1, 0.15) is 0 Å². The lowest BCUT2D eigenvalue weighted by molar-refractivity contribution is 0.0984. The second-order valence-electron chi connectivity index (χ2n) is 4.06. The van der Waals surface area contributed by atoms with Gasteiger partial charge in [0.2, 0.25) is 5.78 Å². The minimum absolute atomic E-state index is 0.247. The van der Waals surface area contributed by atoms with Gasteiger partial charge in [-0.15, -0.1) is 0 Å². The third-order valence-electron chi connectivity index (χ3n) is 2.81. The van der Waals surface area contributed by atoms with Crippen LogP contribution >= 0.6 is 0 Å². The van der Waals surface area contributed by atoms with Crippen LogP contribution < -0.4 is 5.32 Å². The maximum Gasteiger partial charge on any atom is 0.211 e. The van der Waals surface area contributed by atoms with Crippen LogP contribution in [0.4, 0.5) is 5.69 Å². The molecule has 1 N–H and O–H groups in total. The Balaban J connectivity index is 1.97. The zero-order valence-corrected chi connectivity index (χ0v) is 9.83. The molecule has 0 spiro atoms. The van der Waals surface area contributed by atoms with E-state index in [9.17, 15) is 9.59 Å². The first-order chi connectivity index (χ1) is 9.25. The van der Waals surface area contributed by atoms with Gasteiger partial charge in [-0.3, -0.25) is 9.59 Å². The number of carbonyl (C=O) groups is 2. The van der Waals surface area contributed by atoms with Gasteiger partial charge < -0.3 is 5.32 Å². The van der Waals surface area contributed by atoms with Crippen LogP contribution in [0.2, 0.25) is 0 Å². The lowest BCUT2D eigenvalue weighted by atomic mass is 9.95. The fourth-order valence-electron chi connectivity index (χ4n) is 1.89. The number of hydrogen-bond acceptors (Lipinski definition) is 5. The summed E-state index contributed by atoms with van der Waals surface area (Å²) in [5.74, 6) is -0.503. The molecule has 0 saturated carbocycles. The Morgan fingerprint density at radius 3 is 2.32 bits per heavy atom. The van der Waals surface area contributed by atoms with Crippen molar-refractivity contribution in [2.45, 2.75) is 0 Å². The molecule has 0 radical (unpaired) electrons. The van der Waals surface area contributed by atoms with Crippen molar-refractivity contribution in [2.24, 2.45) is 0 Å². The average molecular weight is 251 g/mol. The Morgan fingerprint density at radius 2 is 1.58 bits per heavy atom. The van der Waals surface area contributed by atoms with E-state index in [0.717, 1.165) is 5.69 Å². The normalized spacial score (nSPS) is 13.8. The van der Waals surface area contributed by atoms with E-state index in [0.29, 0.717) is 5.56 Å². The lowest BCUT2D eigenvalue weighted by Crippen LogP contribution is -2.22. The minimum Gasteiger partial charge on any atom is -0.352 e. The number of aromatic nitrogens is 2. The summed E-state index contributed by atoms with van der Waals surface area (Å²) in [6.45, 7) is 0. The highest BCUT2D eigenvalue weighted by atomic mass is 16.1.